The first-order valence-electron chi connectivity index (χ1n) is 13.5. The van der Waals surface area contributed by atoms with Gasteiger partial charge in [-0.3, -0.25) is 19.3 Å². The van der Waals surface area contributed by atoms with E-state index in [0.717, 1.165) is 58.0 Å². The SMILES string of the molecule is Cc1nn(C)c2sc(C(=O)N(C)Cc3cc(=O)c(OCCCCCSc4ccnc5cc(C(F)(F)F)ccc45)co3)cc12. The summed E-state index contributed by atoms with van der Waals surface area (Å²) in [4.78, 5) is 33.5. The van der Waals surface area contributed by atoms with Gasteiger partial charge < -0.3 is 14.1 Å². The van der Waals surface area contributed by atoms with Crippen LogP contribution in [-0.4, -0.2) is 45.0 Å². The van der Waals surface area contributed by atoms with Crippen LogP contribution in [-0.2, 0) is 19.8 Å². The van der Waals surface area contributed by atoms with E-state index < -0.39 is 11.7 Å². The lowest BCUT2D eigenvalue weighted by Gasteiger charge is -2.15. The molecule has 0 aliphatic rings. The number of halogens is 3. The Hall–Kier alpha value is -3.84. The molecule has 5 rings (SSSR count). The smallest absolute Gasteiger partial charge is 0.416 e. The summed E-state index contributed by atoms with van der Waals surface area (Å²) in [7, 11) is 3.50. The summed E-state index contributed by atoms with van der Waals surface area (Å²) in [6.45, 7) is 2.37. The van der Waals surface area contributed by atoms with Crippen molar-refractivity contribution in [2.24, 2.45) is 7.05 Å². The number of unbranched alkanes of at least 4 members (excludes halogenated alkanes) is 2. The fourth-order valence-corrected chi connectivity index (χ4v) is 6.77. The average molecular weight is 631 g/mol. The Morgan fingerprint density at radius 3 is 2.70 bits per heavy atom. The lowest BCUT2D eigenvalue weighted by Crippen LogP contribution is -2.26. The quantitative estimate of drug-likeness (QED) is 0.114. The number of aromatic nitrogens is 3. The van der Waals surface area contributed by atoms with Gasteiger partial charge in [-0.05, 0) is 56.2 Å². The first-order chi connectivity index (χ1) is 20.5. The topological polar surface area (TPSA) is 90.5 Å². The number of ether oxygens (including phenoxy) is 1. The van der Waals surface area contributed by atoms with E-state index in [0.29, 0.717) is 28.1 Å². The molecule has 0 atom stereocenters. The molecule has 1 aromatic carbocycles. The zero-order chi connectivity index (χ0) is 30.7. The zero-order valence-corrected chi connectivity index (χ0v) is 25.4. The molecule has 0 saturated heterocycles. The summed E-state index contributed by atoms with van der Waals surface area (Å²) in [5.74, 6) is 1.07. The van der Waals surface area contributed by atoms with Gasteiger partial charge in [0.05, 0.1) is 34.8 Å². The summed E-state index contributed by atoms with van der Waals surface area (Å²) in [5, 5.41) is 6.01. The van der Waals surface area contributed by atoms with Crippen LogP contribution in [0.1, 0.15) is 46.0 Å². The number of nitrogens with zero attached hydrogens (tertiary/aromatic N) is 4. The van der Waals surface area contributed by atoms with Crippen LogP contribution in [0.4, 0.5) is 13.2 Å². The van der Waals surface area contributed by atoms with Crippen molar-refractivity contribution in [2.45, 2.75) is 43.8 Å². The molecule has 226 valence electrons. The molecule has 1 amide bonds. The fraction of sp³-hybridized carbons (Fsp3) is 0.333. The van der Waals surface area contributed by atoms with Crippen molar-refractivity contribution in [3.8, 4) is 5.75 Å². The number of fused-ring (bicyclic) bond motifs is 2. The zero-order valence-electron chi connectivity index (χ0n) is 23.7. The number of carbonyl (C=O) groups excluding carboxylic acids is 1. The van der Waals surface area contributed by atoms with E-state index >= 15 is 0 Å². The summed E-state index contributed by atoms with van der Waals surface area (Å²) in [5.41, 5.74) is 0.153. The van der Waals surface area contributed by atoms with Gasteiger partial charge >= 0.3 is 6.18 Å². The summed E-state index contributed by atoms with van der Waals surface area (Å²) >= 11 is 2.94. The van der Waals surface area contributed by atoms with Crippen LogP contribution in [0.5, 0.6) is 5.75 Å². The first kappa shape index (κ1) is 30.6. The number of amides is 1. The molecule has 43 heavy (non-hydrogen) atoms. The first-order valence-corrected chi connectivity index (χ1v) is 15.3. The summed E-state index contributed by atoms with van der Waals surface area (Å²) in [6, 6.07) is 8.61. The predicted molar refractivity (Wildman–Crippen MR) is 161 cm³/mol. The minimum atomic E-state index is -4.40. The highest BCUT2D eigenvalue weighted by Crippen LogP contribution is 2.34. The molecule has 0 N–H and O–H groups in total. The van der Waals surface area contributed by atoms with Gasteiger partial charge in [-0.1, -0.05) is 6.07 Å². The molecule has 0 aliphatic carbocycles. The van der Waals surface area contributed by atoms with Gasteiger partial charge in [-0.2, -0.15) is 18.3 Å². The Kier molecular flexibility index (Phi) is 9.11. The second-order valence-corrected chi connectivity index (χ2v) is 12.2. The van der Waals surface area contributed by atoms with E-state index in [1.54, 1.807) is 23.5 Å². The molecule has 0 radical (unpaired) electrons. The number of pyridine rings is 1. The van der Waals surface area contributed by atoms with Crippen molar-refractivity contribution < 1.29 is 27.1 Å². The van der Waals surface area contributed by atoms with Crippen LogP contribution in [0.15, 0.2) is 63.0 Å². The van der Waals surface area contributed by atoms with Gasteiger partial charge in [0.25, 0.3) is 5.91 Å². The number of aryl methyl sites for hydroxylation is 2. The summed E-state index contributed by atoms with van der Waals surface area (Å²) in [6.07, 6.45) is 0.823. The van der Waals surface area contributed by atoms with Gasteiger partial charge in [-0.25, -0.2) is 0 Å². The van der Waals surface area contributed by atoms with E-state index in [1.807, 2.05) is 26.1 Å². The normalized spacial score (nSPS) is 11.9. The van der Waals surface area contributed by atoms with Crippen molar-refractivity contribution in [2.75, 3.05) is 19.4 Å². The van der Waals surface area contributed by atoms with Crippen LogP contribution in [0.3, 0.4) is 0 Å². The number of carbonyl (C=O) groups is 1. The van der Waals surface area contributed by atoms with E-state index in [2.05, 4.69) is 10.1 Å². The van der Waals surface area contributed by atoms with Crippen LogP contribution >= 0.6 is 23.1 Å². The van der Waals surface area contributed by atoms with Crippen molar-refractivity contribution in [3.05, 3.63) is 81.0 Å². The Balaban J connectivity index is 1.05. The molecule has 13 heteroatoms. The van der Waals surface area contributed by atoms with E-state index in [9.17, 15) is 22.8 Å². The molecule has 0 bridgehead atoms. The van der Waals surface area contributed by atoms with Crippen LogP contribution in [0.2, 0.25) is 0 Å². The summed E-state index contributed by atoms with van der Waals surface area (Å²) < 4.78 is 52.0. The highest BCUT2D eigenvalue weighted by molar-refractivity contribution is 7.99. The third kappa shape index (κ3) is 7.04. The molecule has 0 saturated carbocycles. The number of hydrogen-bond donors (Lipinski definition) is 0. The van der Waals surface area contributed by atoms with Crippen molar-refractivity contribution in [1.29, 1.82) is 0 Å². The number of benzene rings is 1. The lowest BCUT2D eigenvalue weighted by molar-refractivity contribution is -0.137. The van der Waals surface area contributed by atoms with Crippen molar-refractivity contribution in [3.63, 3.8) is 0 Å². The maximum Gasteiger partial charge on any atom is 0.416 e. The van der Waals surface area contributed by atoms with E-state index in [-0.39, 0.29) is 23.6 Å². The second-order valence-electron chi connectivity index (χ2n) is 10.1. The fourth-order valence-electron chi connectivity index (χ4n) is 4.60. The number of hydrogen-bond acceptors (Lipinski definition) is 8. The lowest BCUT2D eigenvalue weighted by atomic mass is 10.1. The molecule has 0 fully saturated rings. The predicted octanol–water partition coefficient (Wildman–Crippen LogP) is 7.08. The third-order valence-corrected chi connectivity index (χ3v) is 9.18. The molecule has 8 nitrogen and oxygen atoms in total. The molecule has 4 aromatic heterocycles. The molecule has 0 unspecified atom stereocenters. The number of rotatable bonds is 11. The van der Waals surface area contributed by atoms with Crippen molar-refractivity contribution >= 4 is 50.1 Å². The molecular weight excluding hydrogens is 601 g/mol. The number of alkyl halides is 3. The van der Waals surface area contributed by atoms with Crippen LogP contribution < -0.4 is 10.2 Å². The van der Waals surface area contributed by atoms with Gasteiger partial charge in [0, 0.05) is 42.0 Å². The Bertz CT molecular complexity index is 1800. The van der Waals surface area contributed by atoms with Gasteiger partial charge in [0.1, 0.15) is 16.9 Å². The van der Waals surface area contributed by atoms with E-state index in [4.69, 9.17) is 9.15 Å². The number of thiophene rings is 1. The maximum atomic E-state index is 13.0. The maximum absolute atomic E-state index is 13.0. The Morgan fingerprint density at radius 2 is 1.95 bits per heavy atom. The Morgan fingerprint density at radius 1 is 1.14 bits per heavy atom. The van der Waals surface area contributed by atoms with Crippen molar-refractivity contribution in [1.82, 2.24) is 19.7 Å². The number of thioether (sulfide) groups is 1. The molecular formula is C30H29F3N4O4S2. The molecule has 0 spiro atoms. The van der Waals surface area contributed by atoms with Crippen LogP contribution in [0.25, 0.3) is 21.1 Å². The highest BCUT2D eigenvalue weighted by atomic mass is 32.2. The highest BCUT2D eigenvalue weighted by Gasteiger charge is 2.30. The second kappa shape index (κ2) is 12.8. The Labute approximate surface area is 253 Å². The average Bonchev–Trinajstić information content (AvgIpc) is 3.52. The van der Waals surface area contributed by atoms with E-state index in [1.165, 1.54) is 40.8 Å². The minimum absolute atomic E-state index is 0.112. The van der Waals surface area contributed by atoms with Gasteiger partial charge in [-0.15, -0.1) is 23.1 Å². The standard InChI is InChI=1S/C30H29F3N4O4S2/c1-18-22-15-27(43-29(22)37(3)35-18)28(39)36(2)16-20-14-24(38)25(17-41-20)40-11-5-4-6-12-42-26-9-10-34-23-13-19(30(31,32)33)7-8-21(23)26/h7-10,13-15,17H,4-6,11-12,16H2,1-3H3. The van der Waals surface area contributed by atoms with Crippen LogP contribution in [0, 0.1) is 6.92 Å². The monoisotopic (exact) mass is 630 g/mol. The third-order valence-electron chi connectivity index (χ3n) is 6.83. The molecule has 0 aliphatic heterocycles. The molecule has 5 aromatic rings. The van der Waals surface area contributed by atoms with Gasteiger partial charge in [0.15, 0.2) is 0 Å². The van der Waals surface area contributed by atoms with Gasteiger partial charge in [0.2, 0.25) is 11.2 Å². The minimum Gasteiger partial charge on any atom is -0.487 e. The largest absolute Gasteiger partial charge is 0.487 e. The molecule has 4 heterocycles.